The molecule has 1 N–H and O–H groups in total. The molecule has 0 aromatic rings. The number of rotatable bonds is 5. The Balaban J connectivity index is 2.09. The highest BCUT2D eigenvalue weighted by atomic mass is 16.8. The molecule has 2 rings (SSSR count). The molecule has 2 heterocycles. The molecule has 0 radical (unpaired) electrons. The van der Waals surface area contributed by atoms with E-state index in [1.807, 2.05) is 13.8 Å². The second-order valence-corrected chi connectivity index (χ2v) is 6.25. The highest BCUT2D eigenvalue weighted by molar-refractivity contribution is 4.96. The van der Waals surface area contributed by atoms with Crippen LogP contribution in [-0.4, -0.2) is 68.2 Å². The predicted molar refractivity (Wildman–Crippen MR) is 72.5 cm³/mol. The van der Waals surface area contributed by atoms with Crippen LogP contribution in [0.2, 0.25) is 0 Å². The van der Waals surface area contributed by atoms with E-state index in [0.29, 0.717) is 0 Å². The Hall–Kier alpha value is -0.280. The normalized spacial score (nSPS) is 39.3. The summed E-state index contributed by atoms with van der Waals surface area (Å²) < 4.78 is 33.4. The topological polar surface area (TPSA) is 75.6 Å². The third kappa shape index (κ3) is 3.73. The molecule has 7 nitrogen and oxygen atoms in total. The van der Waals surface area contributed by atoms with Crippen molar-refractivity contribution in [3.8, 4) is 0 Å². The average Bonchev–Trinajstić information content (AvgIpc) is 2.74. The summed E-state index contributed by atoms with van der Waals surface area (Å²) in [5.74, 6) is -1.51. The Kier molecular flexibility index (Phi) is 4.94. The van der Waals surface area contributed by atoms with Crippen molar-refractivity contribution >= 4 is 0 Å². The molecular formula is C14H26O7. The van der Waals surface area contributed by atoms with Crippen LogP contribution < -0.4 is 0 Å². The minimum absolute atomic E-state index is 0.244. The van der Waals surface area contributed by atoms with Crippen molar-refractivity contribution in [1.82, 2.24) is 0 Å². The van der Waals surface area contributed by atoms with Gasteiger partial charge in [-0.05, 0) is 27.7 Å². The Morgan fingerprint density at radius 1 is 1.14 bits per heavy atom. The molecule has 0 spiro atoms. The monoisotopic (exact) mass is 306 g/mol. The van der Waals surface area contributed by atoms with Crippen LogP contribution in [0.4, 0.5) is 0 Å². The summed E-state index contributed by atoms with van der Waals surface area (Å²) in [7, 11) is 3.05. The van der Waals surface area contributed by atoms with E-state index in [-0.39, 0.29) is 6.61 Å². The highest BCUT2D eigenvalue weighted by Crippen LogP contribution is 2.38. The maximum Gasteiger partial charge on any atom is 0.186 e. The zero-order valence-electron chi connectivity index (χ0n) is 13.5. The van der Waals surface area contributed by atoms with Crippen LogP contribution in [0, 0.1) is 0 Å². The number of aliphatic hydroxyl groups excluding tert-OH is 1. The third-order valence-electron chi connectivity index (χ3n) is 3.77. The fraction of sp³-hybridized carbons (Fsp3) is 1.00. The van der Waals surface area contributed by atoms with Crippen LogP contribution in [0.5, 0.6) is 0 Å². The molecule has 5 atom stereocenters. The van der Waals surface area contributed by atoms with Gasteiger partial charge in [0.2, 0.25) is 0 Å². The smallest absolute Gasteiger partial charge is 0.186 e. The second-order valence-electron chi connectivity index (χ2n) is 6.25. The van der Waals surface area contributed by atoms with Crippen LogP contribution in [0.15, 0.2) is 0 Å². The van der Waals surface area contributed by atoms with Gasteiger partial charge in [0.25, 0.3) is 0 Å². The first-order chi connectivity index (χ1) is 9.69. The molecule has 0 aliphatic carbocycles. The van der Waals surface area contributed by atoms with Crippen LogP contribution >= 0.6 is 0 Å². The molecule has 0 saturated carbocycles. The predicted octanol–water partition coefficient (Wildman–Crippen LogP) is 0.638. The SMILES string of the molecule is CO[C@@H]1O[C@H](COC(C)(C)OC)[C@@H]2OC(C)(C)O[C@@H]2[C@@H]1O. The van der Waals surface area contributed by atoms with Gasteiger partial charge in [-0.15, -0.1) is 0 Å². The molecule has 2 saturated heterocycles. The van der Waals surface area contributed by atoms with Gasteiger partial charge in [-0.3, -0.25) is 0 Å². The molecule has 0 aromatic heterocycles. The largest absolute Gasteiger partial charge is 0.385 e. The summed E-state index contributed by atoms with van der Waals surface area (Å²) >= 11 is 0. The van der Waals surface area contributed by atoms with Crippen LogP contribution in [0.1, 0.15) is 27.7 Å². The van der Waals surface area contributed by atoms with Crippen molar-refractivity contribution in [3.05, 3.63) is 0 Å². The van der Waals surface area contributed by atoms with E-state index in [4.69, 9.17) is 28.4 Å². The Labute approximate surface area is 125 Å². The maximum absolute atomic E-state index is 10.2. The lowest BCUT2D eigenvalue weighted by Gasteiger charge is -2.40. The zero-order valence-corrected chi connectivity index (χ0v) is 13.5. The van der Waals surface area contributed by atoms with Crippen molar-refractivity contribution in [2.75, 3.05) is 20.8 Å². The van der Waals surface area contributed by atoms with E-state index in [0.717, 1.165) is 0 Å². The minimum atomic E-state index is -0.909. The van der Waals surface area contributed by atoms with Crippen molar-refractivity contribution < 1.29 is 33.5 Å². The summed E-state index contributed by atoms with van der Waals surface area (Å²) in [6.07, 6.45) is -3.04. The molecule has 124 valence electrons. The Bertz CT molecular complexity index is 357. The van der Waals surface area contributed by atoms with E-state index in [1.54, 1.807) is 21.0 Å². The van der Waals surface area contributed by atoms with E-state index in [2.05, 4.69) is 0 Å². The van der Waals surface area contributed by atoms with Gasteiger partial charge >= 0.3 is 0 Å². The van der Waals surface area contributed by atoms with Crippen LogP contribution in [0.3, 0.4) is 0 Å². The van der Waals surface area contributed by atoms with Crippen molar-refractivity contribution in [2.45, 2.75) is 70.0 Å². The van der Waals surface area contributed by atoms with E-state index < -0.39 is 42.3 Å². The molecule has 0 unspecified atom stereocenters. The van der Waals surface area contributed by atoms with Crippen molar-refractivity contribution in [3.63, 3.8) is 0 Å². The zero-order chi connectivity index (χ0) is 15.8. The number of hydrogen-bond donors (Lipinski definition) is 1. The summed E-state index contributed by atoms with van der Waals surface area (Å²) in [5.41, 5.74) is 0. The van der Waals surface area contributed by atoms with E-state index >= 15 is 0 Å². The Morgan fingerprint density at radius 3 is 2.33 bits per heavy atom. The molecule has 21 heavy (non-hydrogen) atoms. The first kappa shape index (κ1) is 17.1. The lowest BCUT2D eigenvalue weighted by atomic mass is 9.99. The lowest BCUT2D eigenvalue weighted by molar-refractivity contribution is -0.292. The van der Waals surface area contributed by atoms with Crippen LogP contribution in [-0.2, 0) is 28.4 Å². The van der Waals surface area contributed by atoms with Crippen LogP contribution in [0.25, 0.3) is 0 Å². The number of methoxy groups -OCH3 is 2. The third-order valence-corrected chi connectivity index (χ3v) is 3.77. The Morgan fingerprint density at radius 2 is 1.76 bits per heavy atom. The fourth-order valence-corrected chi connectivity index (χ4v) is 2.52. The molecule has 0 bridgehead atoms. The van der Waals surface area contributed by atoms with Gasteiger partial charge in [-0.2, -0.15) is 0 Å². The molecule has 7 heteroatoms. The number of hydrogen-bond acceptors (Lipinski definition) is 7. The molecule has 2 aliphatic rings. The van der Waals surface area contributed by atoms with Gasteiger partial charge in [-0.25, -0.2) is 0 Å². The summed E-state index contributed by atoms with van der Waals surface area (Å²) in [6.45, 7) is 7.47. The lowest BCUT2D eigenvalue weighted by Crippen LogP contribution is -2.58. The first-order valence-corrected chi connectivity index (χ1v) is 7.10. The van der Waals surface area contributed by atoms with E-state index in [1.165, 1.54) is 7.11 Å². The fourth-order valence-electron chi connectivity index (χ4n) is 2.52. The number of ether oxygens (including phenoxy) is 6. The van der Waals surface area contributed by atoms with Gasteiger partial charge < -0.3 is 33.5 Å². The van der Waals surface area contributed by atoms with Crippen molar-refractivity contribution in [2.24, 2.45) is 0 Å². The van der Waals surface area contributed by atoms with Crippen molar-refractivity contribution in [1.29, 1.82) is 0 Å². The quantitative estimate of drug-likeness (QED) is 0.747. The number of aliphatic hydroxyl groups is 1. The van der Waals surface area contributed by atoms with Gasteiger partial charge in [-0.1, -0.05) is 0 Å². The first-order valence-electron chi connectivity index (χ1n) is 7.10. The summed E-state index contributed by atoms with van der Waals surface area (Å²) in [4.78, 5) is 0. The minimum Gasteiger partial charge on any atom is -0.385 e. The molecule has 2 aliphatic heterocycles. The maximum atomic E-state index is 10.2. The molecule has 2 fully saturated rings. The average molecular weight is 306 g/mol. The van der Waals surface area contributed by atoms with Gasteiger partial charge in [0.1, 0.15) is 24.4 Å². The molecule has 0 amide bonds. The number of fused-ring (bicyclic) bond motifs is 1. The van der Waals surface area contributed by atoms with E-state index in [9.17, 15) is 5.11 Å². The van der Waals surface area contributed by atoms with Gasteiger partial charge in [0.15, 0.2) is 17.9 Å². The standard InChI is InChI=1S/C14H26O7/c1-13(2,17-6)18-7-8-10-11(21-14(3,4)20-10)9(15)12(16-5)19-8/h8-12,15H,7H2,1-6H3/t8-,9+,10+,11-,12-/m1/s1. The molecule has 0 aromatic carbocycles. The second kappa shape index (κ2) is 6.08. The van der Waals surface area contributed by atoms with Gasteiger partial charge in [0, 0.05) is 14.2 Å². The summed E-state index contributed by atoms with van der Waals surface area (Å²) in [5, 5.41) is 10.2. The molecular weight excluding hydrogens is 280 g/mol. The highest BCUT2D eigenvalue weighted by Gasteiger charge is 2.55. The summed E-state index contributed by atoms with van der Waals surface area (Å²) in [6, 6.07) is 0. The van der Waals surface area contributed by atoms with Gasteiger partial charge in [0.05, 0.1) is 6.61 Å².